The van der Waals surface area contributed by atoms with Crippen LogP contribution in [0.3, 0.4) is 0 Å². The zero-order chi connectivity index (χ0) is 13.7. The van der Waals surface area contributed by atoms with Crippen molar-refractivity contribution in [2.75, 3.05) is 25.6 Å². The molecule has 0 aromatic heterocycles. The quantitative estimate of drug-likeness (QED) is 0.867. The molecule has 1 N–H and O–H groups in total. The van der Waals surface area contributed by atoms with Crippen LogP contribution in [-0.4, -0.2) is 31.8 Å². The molecule has 1 aliphatic heterocycles. The van der Waals surface area contributed by atoms with Crippen LogP contribution in [0, 0.1) is 0 Å². The number of hydrogen-bond acceptors (Lipinski definition) is 4. The number of esters is 1. The molecule has 0 saturated carbocycles. The predicted octanol–water partition coefficient (Wildman–Crippen LogP) is 2.97. The van der Waals surface area contributed by atoms with Crippen LogP contribution < -0.4 is 5.32 Å². The largest absolute Gasteiger partial charge is 0.467 e. The molecule has 0 spiro atoms. The Labute approximate surface area is 121 Å². The number of carbonyl (C=O) groups is 1. The van der Waals surface area contributed by atoms with E-state index in [2.05, 4.69) is 21.2 Å². The molecule has 1 saturated heterocycles. The molecule has 0 radical (unpaired) electrons. The number of rotatable bonds is 3. The summed E-state index contributed by atoms with van der Waals surface area (Å²) in [6, 6.07) is 7.79. The van der Waals surface area contributed by atoms with Crippen LogP contribution >= 0.6 is 15.9 Å². The number of ether oxygens (including phenoxy) is 2. The lowest BCUT2D eigenvalue weighted by Crippen LogP contribution is -2.47. The van der Waals surface area contributed by atoms with Crippen LogP contribution in [0.25, 0.3) is 0 Å². The Morgan fingerprint density at radius 3 is 3.00 bits per heavy atom. The lowest BCUT2D eigenvalue weighted by atomic mass is 9.90. The normalized spacial score (nSPS) is 23.5. The summed E-state index contributed by atoms with van der Waals surface area (Å²) in [6.45, 7) is 1.26. The molecule has 1 heterocycles. The molecule has 1 unspecified atom stereocenters. The molecular formula is C14H18BrNO3. The maximum atomic E-state index is 12.2. The van der Waals surface area contributed by atoms with Gasteiger partial charge in [-0.05, 0) is 31.0 Å². The zero-order valence-corrected chi connectivity index (χ0v) is 12.5. The van der Waals surface area contributed by atoms with E-state index in [4.69, 9.17) is 9.47 Å². The van der Waals surface area contributed by atoms with Gasteiger partial charge in [0.25, 0.3) is 0 Å². The van der Waals surface area contributed by atoms with E-state index in [1.54, 1.807) is 0 Å². The highest BCUT2D eigenvalue weighted by molar-refractivity contribution is 9.10. The van der Waals surface area contributed by atoms with Crippen molar-refractivity contribution >= 4 is 27.6 Å². The third-order valence-corrected chi connectivity index (χ3v) is 3.84. The second-order valence-corrected chi connectivity index (χ2v) is 5.59. The molecule has 19 heavy (non-hydrogen) atoms. The molecule has 4 nitrogen and oxygen atoms in total. The first-order valence-electron chi connectivity index (χ1n) is 6.36. The van der Waals surface area contributed by atoms with Crippen LogP contribution in [0.1, 0.15) is 19.3 Å². The van der Waals surface area contributed by atoms with E-state index in [-0.39, 0.29) is 5.97 Å². The van der Waals surface area contributed by atoms with Crippen molar-refractivity contribution in [3.63, 3.8) is 0 Å². The van der Waals surface area contributed by atoms with E-state index in [0.29, 0.717) is 26.1 Å². The Hall–Kier alpha value is -1.07. The summed E-state index contributed by atoms with van der Waals surface area (Å²) in [5.41, 5.74) is 0.216. The summed E-state index contributed by atoms with van der Waals surface area (Å²) in [4.78, 5) is 12.2. The molecule has 1 aromatic rings. The fraction of sp³-hybridized carbons (Fsp3) is 0.500. The van der Waals surface area contributed by atoms with E-state index < -0.39 is 5.54 Å². The topological polar surface area (TPSA) is 47.6 Å². The zero-order valence-electron chi connectivity index (χ0n) is 10.9. The highest BCUT2D eigenvalue weighted by atomic mass is 79.9. The Balaban J connectivity index is 2.24. The monoisotopic (exact) mass is 327 g/mol. The molecule has 104 valence electrons. The smallest absolute Gasteiger partial charge is 0.331 e. The molecule has 0 aliphatic carbocycles. The Bertz CT molecular complexity index is 442. The van der Waals surface area contributed by atoms with Gasteiger partial charge in [-0.2, -0.15) is 0 Å². The first-order valence-corrected chi connectivity index (χ1v) is 7.15. The fourth-order valence-electron chi connectivity index (χ4n) is 2.37. The van der Waals surface area contributed by atoms with Crippen molar-refractivity contribution in [2.45, 2.75) is 24.8 Å². The molecule has 1 fully saturated rings. The van der Waals surface area contributed by atoms with Gasteiger partial charge in [-0.3, -0.25) is 0 Å². The van der Waals surface area contributed by atoms with Gasteiger partial charge >= 0.3 is 5.97 Å². The average molecular weight is 328 g/mol. The highest BCUT2D eigenvalue weighted by Gasteiger charge is 2.40. The molecule has 5 heteroatoms. The van der Waals surface area contributed by atoms with Gasteiger partial charge in [0.1, 0.15) is 5.54 Å². The molecule has 0 amide bonds. The Morgan fingerprint density at radius 1 is 1.42 bits per heavy atom. The number of anilines is 1. The Kier molecular flexibility index (Phi) is 4.82. The third kappa shape index (κ3) is 3.48. The molecule has 1 atom stereocenters. The van der Waals surface area contributed by atoms with Gasteiger partial charge in [0, 0.05) is 29.8 Å². The summed E-state index contributed by atoms with van der Waals surface area (Å²) in [5.74, 6) is -0.224. The van der Waals surface area contributed by atoms with Gasteiger partial charge in [0.15, 0.2) is 0 Å². The van der Waals surface area contributed by atoms with Crippen LogP contribution in [0.4, 0.5) is 5.69 Å². The van der Waals surface area contributed by atoms with Gasteiger partial charge in [-0.25, -0.2) is 4.79 Å². The predicted molar refractivity (Wildman–Crippen MR) is 77.2 cm³/mol. The van der Waals surface area contributed by atoms with Crippen LogP contribution in [0.15, 0.2) is 28.7 Å². The molecule has 0 bridgehead atoms. The van der Waals surface area contributed by atoms with Crippen LogP contribution in [0.2, 0.25) is 0 Å². The number of hydrogen-bond donors (Lipinski definition) is 1. The SMILES string of the molecule is COC(=O)C1(Nc2cccc(Br)c2)CCCOCC1. The minimum absolute atomic E-state index is 0.224. The molecule has 1 aliphatic rings. The van der Waals surface area contributed by atoms with Crippen LogP contribution in [0.5, 0.6) is 0 Å². The summed E-state index contributed by atoms with van der Waals surface area (Å²) in [6.07, 6.45) is 2.18. The van der Waals surface area contributed by atoms with Gasteiger partial charge < -0.3 is 14.8 Å². The second kappa shape index (κ2) is 6.39. The number of nitrogens with one attached hydrogen (secondary N) is 1. The van der Waals surface area contributed by atoms with Crippen molar-refractivity contribution < 1.29 is 14.3 Å². The summed E-state index contributed by atoms with van der Waals surface area (Å²) in [7, 11) is 1.43. The van der Waals surface area contributed by atoms with E-state index in [1.165, 1.54) is 7.11 Å². The van der Waals surface area contributed by atoms with E-state index >= 15 is 0 Å². The van der Waals surface area contributed by atoms with Crippen molar-refractivity contribution in [1.82, 2.24) is 0 Å². The fourth-order valence-corrected chi connectivity index (χ4v) is 2.77. The van der Waals surface area contributed by atoms with E-state index in [9.17, 15) is 4.79 Å². The number of benzene rings is 1. The lowest BCUT2D eigenvalue weighted by molar-refractivity contribution is -0.146. The van der Waals surface area contributed by atoms with Crippen LogP contribution in [-0.2, 0) is 14.3 Å². The maximum Gasteiger partial charge on any atom is 0.331 e. The minimum Gasteiger partial charge on any atom is -0.467 e. The number of halogens is 1. The van der Waals surface area contributed by atoms with Crippen molar-refractivity contribution in [3.05, 3.63) is 28.7 Å². The van der Waals surface area contributed by atoms with Gasteiger partial charge in [0.2, 0.25) is 0 Å². The highest BCUT2D eigenvalue weighted by Crippen LogP contribution is 2.29. The first kappa shape index (κ1) is 14.3. The van der Waals surface area contributed by atoms with E-state index in [0.717, 1.165) is 16.6 Å². The van der Waals surface area contributed by atoms with Gasteiger partial charge in [0.05, 0.1) is 7.11 Å². The van der Waals surface area contributed by atoms with Gasteiger partial charge in [-0.1, -0.05) is 22.0 Å². The van der Waals surface area contributed by atoms with Crippen molar-refractivity contribution in [2.24, 2.45) is 0 Å². The maximum absolute atomic E-state index is 12.2. The molecular weight excluding hydrogens is 310 g/mol. The van der Waals surface area contributed by atoms with Crippen molar-refractivity contribution in [1.29, 1.82) is 0 Å². The standard InChI is InChI=1S/C14H18BrNO3/c1-18-13(17)14(6-3-8-19-9-7-14)16-12-5-2-4-11(15)10-12/h2,4-5,10,16H,3,6-9H2,1H3. The first-order chi connectivity index (χ1) is 9.16. The minimum atomic E-state index is -0.688. The third-order valence-electron chi connectivity index (χ3n) is 3.35. The number of methoxy groups -OCH3 is 1. The van der Waals surface area contributed by atoms with E-state index in [1.807, 2.05) is 24.3 Å². The average Bonchev–Trinajstić information content (AvgIpc) is 2.64. The lowest BCUT2D eigenvalue weighted by Gasteiger charge is -2.31. The summed E-state index contributed by atoms with van der Waals surface area (Å²) < 4.78 is 11.4. The second-order valence-electron chi connectivity index (χ2n) is 4.67. The van der Waals surface area contributed by atoms with Gasteiger partial charge in [-0.15, -0.1) is 0 Å². The number of carbonyl (C=O) groups excluding carboxylic acids is 1. The summed E-state index contributed by atoms with van der Waals surface area (Å²) in [5, 5.41) is 3.34. The summed E-state index contributed by atoms with van der Waals surface area (Å²) >= 11 is 3.43. The Morgan fingerprint density at radius 2 is 2.26 bits per heavy atom. The van der Waals surface area contributed by atoms with Crippen molar-refractivity contribution in [3.8, 4) is 0 Å². The molecule has 1 aromatic carbocycles. The molecule has 2 rings (SSSR count).